The van der Waals surface area contributed by atoms with Gasteiger partial charge in [0.05, 0.1) is 0 Å². The minimum Gasteiger partial charge on any atom is -0.462 e. The first kappa shape index (κ1) is 75.2. The van der Waals surface area contributed by atoms with Gasteiger partial charge in [-0.2, -0.15) is 0 Å². The van der Waals surface area contributed by atoms with Crippen LogP contribution >= 0.6 is 0 Å². The fraction of sp³-hybridized carbons (Fsp3) is 0.930. The largest absolute Gasteiger partial charge is 0.462 e. The molecule has 0 aliphatic heterocycles. The molecule has 0 bridgehead atoms. The second-order valence-electron chi connectivity index (χ2n) is 24.2. The van der Waals surface area contributed by atoms with Gasteiger partial charge in [-0.1, -0.05) is 354 Å². The zero-order valence-corrected chi connectivity index (χ0v) is 52.5. The number of allylic oxidation sites excluding steroid dienone is 2. The lowest BCUT2D eigenvalue weighted by Gasteiger charge is -2.18. The second-order valence-corrected chi connectivity index (χ2v) is 24.2. The van der Waals surface area contributed by atoms with Crippen LogP contribution in [0.15, 0.2) is 12.2 Å². The molecular formula is C71H136O6. The Kier molecular flexibility index (Phi) is 65.1. The zero-order chi connectivity index (χ0) is 55.7. The van der Waals surface area contributed by atoms with Crippen molar-refractivity contribution in [2.75, 3.05) is 13.2 Å². The predicted octanol–water partition coefficient (Wildman–Crippen LogP) is 24.0. The van der Waals surface area contributed by atoms with Crippen molar-refractivity contribution in [3.63, 3.8) is 0 Å². The van der Waals surface area contributed by atoms with Gasteiger partial charge in [0.1, 0.15) is 13.2 Å². The van der Waals surface area contributed by atoms with Gasteiger partial charge >= 0.3 is 17.9 Å². The summed E-state index contributed by atoms with van der Waals surface area (Å²) >= 11 is 0. The molecule has 0 saturated heterocycles. The average Bonchev–Trinajstić information content (AvgIpc) is 3.43. The maximum atomic E-state index is 12.9. The molecule has 456 valence electrons. The summed E-state index contributed by atoms with van der Waals surface area (Å²) in [5, 5.41) is 0. The first-order valence-electron chi connectivity index (χ1n) is 35.2. The highest BCUT2D eigenvalue weighted by Gasteiger charge is 2.19. The van der Waals surface area contributed by atoms with Crippen LogP contribution in [-0.2, 0) is 28.6 Å². The molecule has 0 N–H and O–H groups in total. The van der Waals surface area contributed by atoms with E-state index >= 15 is 0 Å². The van der Waals surface area contributed by atoms with Crippen LogP contribution in [-0.4, -0.2) is 37.2 Å². The number of unbranched alkanes of at least 4 members (excludes halogenated alkanes) is 53. The molecule has 1 atom stereocenters. The Morgan fingerprint density at radius 1 is 0.247 bits per heavy atom. The lowest BCUT2D eigenvalue weighted by Crippen LogP contribution is -2.30. The highest BCUT2D eigenvalue weighted by Crippen LogP contribution is 2.19. The fourth-order valence-electron chi connectivity index (χ4n) is 11.0. The van der Waals surface area contributed by atoms with Crippen LogP contribution in [0.25, 0.3) is 0 Å². The highest BCUT2D eigenvalue weighted by atomic mass is 16.6. The van der Waals surface area contributed by atoms with Gasteiger partial charge in [0.25, 0.3) is 0 Å². The number of ether oxygens (including phenoxy) is 3. The SMILES string of the molecule is CCCCCCCCCC/C=C\CCCCCCCCCCCCCCCCCC(=O)OCC(COC(=O)CCCCCCCC)OC(=O)CCCCCCCCCCCCCCCCCCCCCCCCCCCC. The third-order valence-electron chi connectivity index (χ3n) is 16.3. The van der Waals surface area contributed by atoms with E-state index in [1.54, 1.807) is 0 Å². The van der Waals surface area contributed by atoms with E-state index in [4.69, 9.17) is 14.2 Å². The van der Waals surface area contributed by atoms with Crippen molar-refractivity contribution in [2.45, 2.75) is 412 Å². The van der Waals surface area contributed by atoms with Crippen LogP contribution in [0.3, 0.4) is 0 Å². The number of carbonyl (C=O) groups is 3. The van der Waals surface area contributed by atoms with E-state index in [2.05, 4.69) is 32.9 Å². The van der Waals surface area contributed by atoms with E-state index in [1.165, 1.54) is 308 Å². The molecule has 0 heterocycles. The minimum atomic E-state index is -0.763. The number of rotatable bonds is 66. The summed E-state index contributed by atoms with van der Waals surface area (Å²) in [6.45, 7) is 6.66. The highest BCUT2D eigenvalue weighted by molar-refractivity contribution is 5.71. The Morgan fingerprint density at radius 2 is 0.429 bits per heavy atom. The molecule has 77 heavy (non-hydrogen) atoms. The molecule has 0 radical (unpaired) electrons. The summed E-state index contributed by atoms with van der Waals surface area (Å²) in [7, 11) is 0. The summed E-state index contributed by atoms with van der Waals surface area (Å²) in [5.41, 5.74) is 0. The zero-order valence-electron chi connectivity index (χ0n) is 52.5. The van der Waals surface area contributed by atoms with Gasteiger partial charge in [-0.15, -0.1) is 0 Å². The second kappa shape index (κ2) is 66.7. The molecule has 0 rings (SSSR count). The number of hydrogen-bond donors (Lipinski definition) is 0. The Bertz CT molecular complexity index is 1200. The van der Waals surface area contributed by atoms with Crippen LogP contribution in [0, 0.1) is 0 Å². The van der Waals surface area contributed by atoms with Crippen LogP contribution in [0.2, 0.25) is 0 Å². The Balaban J connectivity index is 3.96. The third kappa shape index (κ3) is 64.9. The van der Waals surface area contributed by atoms with E-state index in [-0.39, 0.29) is 31.1 Å². The molecule has 0 spiro atoms. The number of hydrogen-bond acceptors (Lipinski definition) is 6. The molecule has 0 aliphatic carbocycles. The Labute approximate surface area is 481 Å². The van der Waals surface area contributed by atoms with Gasteiger partial charge in [0.15, 0.2) is 6.10 Å². The normalized spacial score (nSPS) is 12.0. The van der Waals surface area contributed by atoms with Gasteiger partial charge in [0, 0.05) is 19.3 Å². The molecule has 1 unspecified atom stereocenters. The quantitative estimate of drug-likeness (QED) is 0.0261. The molecule has 0 aliphatic rings. The molecule has 6 nitrogen and oxygen atoms in total. The van der Waals surface area contributed by atoms with Crippen LogP contribution in [0.5, 0.6) is 0 Å². The van der Waals surface area contributed by atoms with E-state index in [1.807, 2.05) is 0 Å². The summed E-state index contributed by atoms with van der Waals surface area (Å²) in [6, 6.07) is 0. The van der Waals surface area contributed by atoms with Gasteiger partial charge in [-0.05, 0) is 44.9 Å². The molecule has 0 aromatic heterocycles. The van der Waals surface area contributed by atoms with Crippen molar-refractivity contribution in [1.82, 2.24) is 0 Å². The maximum Gasteiger partial charge on any atom is 0.306 e. The van der Waals surface area contributed by atoms with Gasteiger partial charge in [-0.3, -0.25) is 14.4 Å². The van der Waals surface area contributed by atoms with Gasteiger partial charge in [-0.25, -0.2) is 0 Å². The Hall–Kier alpha value is -1.85. The van der Waals surface area contributed by atoms with Crippen LogP contribution in [0.1, 0.15) is 406 Å². The van der Waals surface area contributed by atoms with Gasteiger partial charge < -0.3 is 14.2 Å². The monoisotopic (exact) mass is 1090 g/mol. The van der Waals surface area contributed by atoms with Crippen molar-refractivity contribution in [3.05, 3.63) is 12.2 Å². The van der Waals surface area contributed by atoms with E-state index in [9.17, 15) is 14.4 Å². The number of carbonyl (C=O) groups excluding carboxylic acids is 3. The number of esters is 3. The van der Waals surface area contributed by atoms with Crippen molar-refractivity contribution in [3.8, 4) is 0 Å². The summed E-state index contributed by atoms with van der Waals surface area (Å²) < 4.78 is 16.9. The topological polar surface area (TPSA) is 78.9 Å². The third-order valence-corrected chi connectivity index (χ3v) is 16.3. The first-order valence-corrected chi connectivity index (χ1v) is 35.2. The first-order chi connectivity index (χ1) is 38.0. The Morgan fingerprint density at radius 3 is 0.649 bits per heavy atom. The molecular weight excluding hydrogens is 949 g/mol. The molecule has 0 fully saturated rings. The summed E-state index contributed by atoms with van der Waals surface area (Å²) in [4.78, 5) is 38.1. The smallest absolute Gasteiger partial charge is 0.306 e. The molecule has 0 amide bonds. The molecule has 0 aromatic carbocycles. The van der Waals surface area contributed by atoms with Crippen molar-refractivity contribution >= 4 is 17.9 Å². The summed E-state index contributed by atoms with van der Waals surface area (Å²) in [5.74, 6) is -0.843. The molecule has 6 heteroatoms. The molecule has 0 aromatic rings. The minimum absolute atomic E-state index is 0.0638. The lowest BCUT2D eigenvalue weighted by molar-refractivity contribution is -0.167. The average molecular weight is 1090 g/mol. The maximum absolute atomic E-state index is 12.9. The van der Waals surface area contributed by atoms with Crippen molar-refractivity contribution in [1.29, 1.82) is 0 Å². The van der Waals surface area contributed by atoms with E-state index in [0.717, 1.165) is 57.8 Å². The van der Waals surface area contributed by atoms with Crippen molar-refractivity contribution < 1.29 is 28.6 Å². The van der Waals surface area contributed by atoms with Crippen molar-refractivity contribution in [2.24, 2.45) is 0 Å². The fourth-order valence-corrected chi connectivity index (χ4v) is 11.0. The lowest BCUT2D eigenvalue weighted by atomic mass is 10.0. The summed E-state index contributed by atoms with van der Waals surface area (Å²) in [6.07, 6.45) is 80.1. The van der Waals surface area contributed by atoms with Crippen LogP contribution in [0.4, 0.5) is 0 Å². The molecule has 0 saturated carbocycles. The van der Waals surface area contributed by atoms with E-state index in [0.29, 0.717) is 19.3 Å². The standard InChI is InChI=1S/C71H136O6/c1-4-7-10-13-16-18-20-22-24-26-28-30-32-34-36-38-39-41-43-45-47-49-51-53-55-58-61-64-70(73)76-67-68(66-75-69(72)63-60-57-15-12-9-6-3)77-71(74)65-62-59-56-54-52-50-48-46-44-42-40-37-35-33-31-29-27-25-23-21-19-17-14-11-8-5-2/h26,28,68H,4-25,27,29-67H2,1-3H3/b28-26-. The van der Waals surface area contributed by atoms with E-state index < -0.39 is 6.10 Å². The van der Waals surface area contributed by atoms with Crippen LogP contribution < -0.4 is 0 Å². The van der Waals surface area contributed by atoms with Gasteiger partial charge in [0.2, 0.25) is 0 Å². The predicted molar refractivity (Wildman–Crippen MR) is 335 cm³/mol.